The van der Waals surface area contributed by atoms with E-state index in [1.807, 2.05) is 24.0 Å². The highest BCUT2D eigenvalue weighted by Gasteiger charge is 2.45. The summed E-state index contributed by atoms with van der Waals surface area (Å²) < 4.78 is 33.6. The summed E-state index contributed by atoms with van der Waals surface area (Å²) in [6, 6.07) is 3.63. The number of carbonyl (C=O) groups is 1. The van der Waals surface area contributed by atoms with Crippen molar-refractivity contribution in [1.82, 2.24) is 19.7 Å². The molecule has 0 unspecified atom stereocenters. The number of likely N-dealkylation sites (tertiary alicyclic amines) is 1. The number of aryl methyl sites for hydroxylation is 1. The fraction of sp³-hybridized carbons (Fsp3) is 0.542. The molecule has 3 aromatic rings. The third kappa shape index (κ3) is 4.03. The van der Waals surface area contributed by atoms with Crippen molar-refractivity contribution in [2.75, 3.05) is 26.8 Å². The Labute approximate surface area is 189 Å². The minimum atomic E-state index is -2.61. The molecule has 1 saturated heterocycles. The van der Waals surface area contributed by atoms with Crippen LogP contribution in [0.1, 0.15) is 41.6 Å². The highest BCUT2D eigenvalue weighted by molar-refractivity contribution is 6.07. The van der Waals surface area contributed by atoms with Crippen LogP contribution in [-0.4, -0.2) is 58.3 Å². The van der Waals surface area contributed by atoms with Crippen molar-refractivity contribution >= 4 is 27.7 Å². The summed E-state index contributed by atoms with van der Waals surface area (Å²) in [7, 11) is 1.70. The average Bonchev–Trinajstić information content (AvgIpc) is 3.17. The van der Waals surface area contributed by atoms with Gasteiger partial charge in [-0.1, -0.05) is 0 Å². The monoisotopic (exact) mass is 458 g/mol. The number of carbonyl (C=O) groups excluding carboxylic acids is 1. The highest BCUT2D eigenvalue weighted by Crippen LogP contribution is 2.43. The van der Waals surface area contributed by atoms with Gasteiger partial charge in [0.15, 0.2) is 0 Å². The molecule has 2 aromatic heterocycles. The van der Waals surface area contributed by atoms with Crippen LogP contribution in [0.15, 0.2) is 23.1 Å². The number of aromatic nitrogens is 3. The number of alkyl halides is 2. The minimum absolute atomic E-state index is 0.0330. The molecule has 2 fully saturated rings. The lowest BCUT2D eigenvalue weighted by Crippen LogP contribution is -2.39. The number of methoxy groups -OCH3 is 1. The number of rotatable bonds is 5. The number of piperidine rings is 1. The first-order chi connectivity index (χ1) is 15.8. The Bertz CT molecular complexity index is 1270. The van der Waals surface area contributed by atoms with E-state index in [1.54, 1.807) is 11.8 Å². The fourth-order valence-electron chi connectivity index (χ4n) is 5.27. The number of hydrogen-bond donors (Lipinski definition) is 1. The van der Waals surface area contributed by atoms with E-state index in [4.69, 9.17) is 4.74 Å². The van der Waals surface area contributed by atoms with Crippen LogP contribution in [0.3, 0.4) is 0 Å². The van der Waals surface area contributed by atoms with Crippen LogP contribution in [0.25, 0.3) is 21.8 Å². The van der Waals surface area contributed by atoms with Crippen molar-refractivity contribution < 1.29 is 18.3 Å². The van der Waals surface area contributed by atoms with Crippen LogP contribution in [0.2, 0.25) is 0 Å². The van der Waals surface area contributed by atoms with E-state index in [0.29, 0.717) is 59.5 Å². The van der Waals surface area contributed by atoms with E-state index in [9.17, 15) is 18.4 Å². The van der Waals surface area contributed by atoms with E-state index in [0.717, 1.165) is 18.4 Å². The lowest BCUT2D eigenvalue weighted by molar-refractivity contribution is -0.114. The summed E-state index contributed by atoms with van der Waals surface area (Å²) >= 11 is 0. The maximum Gasteiger partial charge on any atom is 0.259 e. The number of fused-ring (bicyclic) bond motifs is 3. The van der Waals surface area contributed by atoms with E-state index >= 15 is 0 Å². The van der Waals surface area contributed by atoms with Crippen molar-refractivity contribution in [3.05, 3.63) is 39.8 Å². The van der Waals surface area contributed by atoms with Crippen molar-refractivity contribution in [3.8, 4) is 0 Å². The van der Waals surface area contributed by atoms with Crippen LogP contribution < -0.4 is 5.56 Å². The number of aromatic amines is 1. The molecule has 1 N–H and O–H groups in total. The van der Waals surface area contributed by atoms with Crippen LogP contribution >= 0.6 is 0 Å². The van der Waals surface area contributed by atoms with Crippen LogP contribution in [0.4, 0.5) is 8.78 Å². The first-order valence-corrected chi connectivity index (χ1v) is 11.4. The molecule has 5 rings (SSSR count). The zero-order valence-corrected chi connectivity index (χ0v) is 18.9. The van der Waals surface area contributed by atoms with Gasteiger partial charge < -0.3 is 14.6 Å². The molecule has 2 aliphatic rings. The van der Waals surface area contributed by atoms with Crippen LogP contribution in [0.5, 0.6) is 0 Å². The summed E-state index contributed by atoms with van der Waals surface area (Å²) in [6.45, 7) is 4.25. The SMILES string of the molecule is COCC1CCN(C(=O)c2cc3c(cc2C)[nH]c(=O)c2cnn(CC4CC(F)(F)C4)c23)CC1. The van der Waals surface area contributed by atoms with Crippen molar-refractivity contribution in [2.24, 2.45) is 11.8 Å². The van der Waals surface area contributed by atoms with Gasteiger partial charge in [0.05, 0.1) is 22.6 Å². The molecule has 1 aliphatic carbocycles. The van der Waals surface area contributed by atoms with Gasteiger partial charge in [0, 0.05) is 57.1 Å². The molecule has 7 nitrogen and oxygen atoms in total. The topological polar surface area (TPSA) is 80.2 Å². The van der Waals surface area contributed by atoms with Gasteiger partial charge in [-0.3, -0.25) is 14.3 Å². The second kappa shape index (κ2) is 8.20. The Morgan fingerprint density at radius 1 is 1.21 bits per heavy atom. The number of pyridine rings is 1. The van der Waals surface area contributed by atoms with Gasteiger partial charge in [-0.15, -0.1) is 0 Å². The minimum Gasteiger partial charge on any atom is -0.384 e. The van der Waals surface area contributed by atoms with Gasteiger partial charge in [-0.2, -0.15) is 5.10 Å². The molecule has 1 amide bonds. The Morgan fingerprint density at radius 3 is 2.61 bits per heavy atom. The van der Waals surface area contributed by atoms with Gasteiger partial charge in [0.2, 0.25) is 5.92 Å². The molecule has 1 aromatic carbocycles. The quantitative estimate of drug-likeness (QED) is 0.632. The average molecular weight is 459 g/mol. The van der Waals surface area contributed by atoms with Crippen molar-refractivity contribution in [2.45, 2.75) is 45.1 Å². The number of benzene rings is 1. The number of nitrogens with one attached hydrogen (secondary N) is 1. The molecule has 176 valence electrons. The number of amides is 1. The van der Waals surface area contributed by atoms with Crippen molar-refractivity contribution in [3.63, 3.8) is 0 Å². The Balaban J connectivity index is 1.51. The van der Waals surface area contributed by atoms with Crippen LogP contribution in [0, 0.1) is 18.8 Å². The molecule has 0 bridgehead atoms. The smallest absolute Gasteiger partial charge is 0.259 e. The molecule has 0 radical (unpaired) electrons. The second-order valence-electron chi connectivity index (χ2n) is 9.58. The zero-order valence-electron chi connectivity index (χ0n) is 18.9. The molecule has 3 heterocycles. The summed E-state index contributed by atoms with van der Waals surface area (Å²) in [6.07, 6.45) is 2.95. The molecular formula is C24H28F2N4O3. The lowest BCUT2D eigenvalue weighted by atomic mass is 9.81. The maximum atomic E-state index is 13.4. The standard InChI is InChI=1S/C24H28F2N4O3/c1-14-7-20-18(8-17(14)23(32)29-5-3-15(4-6-29)13-33-2)21-19(22(31)28-20)11-27-30(21)12-16-9-24(25,26)10-16/h7-8,11,15-16H,3-6,9-10,12-13H2,1-2H3,(H,28,31). The molecular weight excluding hydrogens is 430 g/mol. The third-order valence-electron chi connectivity index (χ3n) is 7.09. The highest BCUT2D eigenvalue weighted by atomic mass is 19.3. The van der Waals surface area contributed by atoms with Gasteiger partial charge >= 0.3 is 0 Å². The molecule has 33 heavy (non-hydrogen) atoms. The molecule has 9 heteroatoms. The first-order valence-electron chi connectivity index (χ1n) is 11.4. The largest absolute Gasteiger partial charge is 0.384 e. The van der Waals surface area contributed by atoms with E-state index in [-0.39, 0.29) is 30.2 Å². The zero-order chi connectivity index (χ0) is 23.3. The first kappa shape index (κ1) is 22.0. The van der Waals surface area contributed by atoms with E-state index in [2.05, 4.69) is 10.1 Å². The Morgan fingerprint density at radius 2 is 1.94 bits per heavy atom. The summed E-state index contributed by atoms with van der Waals surface area (Å²) in [4.78, 5) is 30.8. The van der Waals surface area contributed by atoms with E-state index < -0.39 is 5.92 Å². The molecule has 1 saturated carbocycles. The maximum absolute atomic E-state index is 13.4. The van der Waals surface area contributed by atoms with Gasteiger partial charge in [-0.25, -0.2) is 8.78 Å². The van der Waals surface area contributed by atoms with Gasteiger partial charge in [0.1, 0.15) is 0 Å². The predicted molar refractivity (Wildman–Crippen MR) is 121 cm³/mol. The second-order valence-corrected chi connectivity index (χ2v) is 9.58. The molecule has 1 aliphatic heterocycles. The predicted octanol–water partition coefficient (Wildman–Crippen LogP) is 3.73. The number of halogens is 2. The normalized spacial score (nSPS) is 19.3. The number of nitrogens with zero attached hydrogens (tertiary/aromatic N) is 3. The number of H-pyrrole nitrogens is 1. The third-order valence-corrected chi connectivity index (χ3v) is 7.09. The number of ether oxygens (including phenoxy) is 1. The Hall–Kier alpha value is -2.81. The number of hydrogen-bond acceptors (Lipinski definition) is 4. The Kier molecular flexibility index (Phi) is 5.47. The lowest BCUT2D eigenvalue weighted by Gasteiger charge is -2.34. The van der Waals surface area contributed by atoms with E-state index in [1.165, 1.54) is 6.20 Å². The van der Waals surface area contributed by atoms with Gasteiger partial charge in [0.25, 0.3) is 11.5 Å². The summed E-state index contributed by atoms with van der Waals surface area (Å²) in [5, 5.41) is 5.44. The summed E-state index contributed by atoms with van der Waals surface area (Å²) in [5.41, 5.74) is 2.30. The van der Waals surface area contributed by atoms with Crippen LogP contribution in [-0.2, 0) is 11.3 Å². The van der Waals surface area contributed by atoms with Gasteiger partial charge in [-0.05, 0) is 49.3 Å². The van der Waals surface area contributed by atoms with Crippen molar-refractivity contribution in [1.29, 1.82) is 0 Å². The fourth-order valence-corrected chi connectivity index (χ4v) is 5.27. The molecule has 0 spiro atoms. The molecule has 0 atom stereocenters. The summed E-state index contributed by atoms with van der Waals surface area (Å²) in [5.74, 6) is -2.36.